The first kappa shape index (κ1) is 10.3. The Morgan fingerprint density at radius 2 is 1.88 bits per heavy atom. The Morgan fingerprint density at radius 3 is 2.59 bits per heavy atom. The molecule has 0 radical (unpaired) electrons. The van der Waals surface area contributed by atoms with E-state index in [4.69, 9.17) is 0 Å². The predicted octanol–water partition coefficient (Wildman–Crippen LogP) is 2.86. The summed E-state index contributed by atoms with van der Waals surface area (Å²) in [6.45, 7) is 0. The van der Waals surface area contributed by atoms with Gasteiger partial charge in [-0.25, -0.2) is 9.50 Å². The molecule has 3 aromatic rings. The second-order valence-electron chi connectivity index (χ2n) is 3.61. The number of pyridine rings is 1. The van der Waals surface area contributed by atoms with Gasteiger partial charge in [-0.15, -0.1) is 5.10 Å². The first-order valence-electron chi connectivity index (χ1n) is 5.04. The van der Waals surface area contributed by atoms with Crippen molar-refractivity contribution >= 4 is 21.6 Å². The van der Waals surface area contributed by atoms with Gasteiger partial charge in [0.15, 0.2) is 11.5 Å². The Hall–Kier alpha value is -1.88. The molecule has 0 atom stereocenters. The number of phenolic OH excluding ortho intramolecular Hbond substituents is 1. The molecule has 84 valence electrons. The number of halogens is 1. The monoisotopic (exact) mass is 289 g/mol. The van der Waals surface area contributed by atoms with Crippen molar-refractivity contribution in [1.82, 2.24) is 14.6 Å². The van der Waals surface area contributed by atoms with E-state index in [1.807, 2.05) is 18.3 Å². The predicted molar refractivity (Wildman–Crippen MR) is 67.8 cm³/mol. The highest BCUT2D eigenvalue weighted by atomic mass is 79.9. The molecule has 3 rings (SSSR count). The zero-order valence-electron chi connectivity index (χ0n) is 8.71. The van der Waals surface area contributed by atoms with Gasteiger partial charge in [0.05, 0.1) is 4.47 Å². The zero-order valence-corrected chi connectivity index (χ0v) is 10.3. The third-order valence-corrected chi connectivity index (χ3v) is 3.06. The highest BCUT2D eigenvalue weighted by Gasteiger charge is 2.07. The maximum atomic E-state index is 9.23. The summed E-state index contributed by atoms with van der Waals surface area (Å²) >= 11 is 3.43. The van der Waals surface area contributed by atoms with E-state index in [1.165, 1.54) is 0 Å². The van der Waals surface area contributed by atoms with E-state index in [-0.39, 0.29) is 5.75 Å². The minimum absolute atomic E-state index is 0.235. The lowest BCUT2D eigenvalue weighted by molar-refractivity contribution is 0.475. The first-order valence-corrected chi connectivity index (χ1v) is 5.83. The molecule has 0 saturated carbocycles. The molecule has 2 aromatic heterocycles. The van der Waals surface area contributed by atoms with Crippen LogP contribution in [-0.4, -0.2) is 19.7 Å². The van der Waals surface area contributed by atoms with Crippen LogP contribution in [0.5, 0.6) is 5.75 Å². The van der Waals surface area contributed by atoms with Crippen molar-refractivity contribution in [1.29, 1.82) is 0 Å². The van der Waals surface area contributed by atoms with Gasteiger partial charge in [-0.3, -0.25) is 0 Å². The van der Waals surface area contributed by atoms with Crippen LogP contribution in [0, 0.1) is 0 Å². The Bertz CT molecular complexity index is 676. The molecule has 0 unspecified atom stereocenters. The molecule has 4 nitrogen and oxygen atoms in total. The fourth-order valence-electron chi connectivity index (χ4n) is 1.61. The average Bonchev–Trinajstić information content (AvgIpc) is 2.75. The lowest BCUT2D eigenvalue weighted by Gasteiger charge is -1.94. The molecule has 5 heteroatoms. The summed E-state index contributed by atoms with van der Waals surface area (Å²) in [6.07, 6.45) is 1.84. The molecule has 0 aliphatic rings. The van der Waals surface area contributed by atoms with E-state index in [9.17, 15) is 5.11 Å². The number of rotatable bonds is 1. The molecule has 0 fully saturated rings. The van der Waals surface area contributed by atoms with Crippen LogP contribution in [0.15, 0.2) is 47.1 Å². The topological polar surface area (TPSA) is 50.4 Å². The SMILES string of the molecule is Oc1ccc(-c2nc3c(Br)cccn3n2)cc1. The lowest BCUT2D eigenvalue weighted by atomic mass is 10.2. The smallest absolute Gasteiger partial charge is 0.182 e. The minimum atomic E-state index is 0.235. The number of aromatic nitrogens is 3. The van der Waals surface area contributed by atoms with Gasteiger partial charge in [-0.2, -0.15) is 0 Å². The van der Waals surface area contributed by atoms with Gasteiger partial charge >= 0.3 is 0 Å². The molecule has 0 saturated heterocycles. The number of nitrogens with zero attached hydrogens (tertiary/aromatic N) is 3. The largest absolute Gasteiger partial charge is 0.508 e. The maximum Gasteiger partial charge on any atom is 0.182 e. The first-order chi connectivity index (χ1) is 8.24. The molecule has 0 aliphatic carbocycles. The molecule has 0 amide bonds. The fraction of sp³-hybridized carbons (Fsp3) is 0. The quantitative estimate of drug-likeness (QED) is 0.749. The van der Waals surface area contributed by atoms with Gasteiger partial charge in [0.1, 0.15) is 5.75 Å². The van der Waals surface area contributed by atoms with Crippen LogP contribution in [0.25, 0.3) is 17.0 Å². The number of hydrogen-bond acceptors (Lipinski definition) is 3. The van der Waals surface area contributed by atoms with Crippen molar-refractivity contribution in [3.8, 4) is 17.1 Å². The van der Waals surface area contributed by atoms with Gasteiger partial charge in [-0.1, -0.05) is 0 Å². The standard InChI is InChI=1S/C12H8BrN3O/c13-10-2-1-7-16-12(10)14-11(15-16)8-3-5-9(17)6-4-8/h1-7,17H. The van der Waals surface area contributed by atoms with Crippen molar-refractivity contribution in [3.05, 3.63) is 47.1 Å². The molecule has 1 N–H and O–H groups in total. The summed E-state index contributed by atoms with van der Waals surface area (Å²) in [5.74, 6) is 0.871. The van der Waals surface area contributed by atoms with E-state index < -0.39 is 0 Å². The summed E-state index contributed by atoms with van der Waals surface area (Å²) in [4.78, 5) is 4.44. The van der Waals surface area contributed by atoms with Gasteiger partial charge < -0.3 is 5.11 Å². The zero-order chi connectivity index (χ0) is 11.8. The summed E-state index contributed by atoms with van der Waals surface area (Å²) in [5, 5.41) is 13.6. The minimum Gasteiger partial charge on any atom is -0.508 e. The van der Waals surface area contributed by atoms with E-state index in [0.717, 1.165) is 15.7 Å². The normalized spacial score (nSPS) is 10.9. The van der Waals surface area contributed by atoms with Crippen molar-refractivity contribution in [2.75, 3.05) is 0 Å². The third-order valence-electron chi connectivity index (χ3n) is 2.44. The number of benzene rings is 1. The second-order valence-corrected chi connectivity index (χ2v) is 4.46. The second kappa shape index (κ2) is 3.85. The van der Waals surface area contributed by atoms with Crippen molar-refractivity contribution in [3.63, 3.8) is 0 Å². The molecule has 1 aromatic carbocycles. The highest BCUT2D eigenvalue weighted by Crippen LogP contribution is 2.22. The van der Waals surface area contributed by atoms with Gasteiger partial charge in [0.2, 0.25) is 0 Å². The maximum absolute atomic E-state index is 9.23. The van der Waals surface area contributed by atoms with Crippen LogP contribution in [0.4, 0.5) is 0 Å². The van der Waals surface area contributed by atoms with E-state index in [1.54, 1.807) is 28.8 Å². The van der Waals surface area contributed by atoms with Crippen molar-refractivity contribution < 1.29 is 5.11 Å². The van der Waals surface area contributed by atoms with Gasteiger partial charge in [0, 0.05) is 11.8 Å². The average molecular weight is 290 g/mol. The number of fused-ring (bicyclic) bond motifs is 1. The molecule has 2 heterocycles. The van der Waals surface area contributed by atoms with E-state index in [0.29, 0.717) is 5.82 Å². The molecule has 0 aliphatic heterocycles. The summed E-state index contributed by atoms with van der Waals surface area (Å²) in [6, 6.07) is 10.6. The molecular weight excluding hydrogens is 282 g/mol. The van der Waals surface area contributed by atoms with Crippen molar-refractivity contribution in [2.45, 2.75) is 0 Å². The molecular formula is C12H8BrN3O. The Labute approximate surface area is 106 Å². The Morgan fingerprint density at radius 1 is 1.12 bits per heavy atom. The number of phenols is 1. The van der Waals surface area contributed by atoms with Crippen LogP contribution >= 0.6 is 15.9 Å². The van der Waals surface area contributed by atoms with Crippen LogP contribution < -0.4 is 0 Å². The lowest BCUT2D eigenvalue weighted by Crippen LogP contribution is -1.86. The number of hydrogen-bond donors (Lipinski definition) is 1. The van der Waals surface area contributed by atoms with E-state index >= 15 is 0 Å². The summed E-state index contributed by atoms with van der Waals surface area (Å²) < 4.78 is 2.62. The Kier molecular flexibility index (Phi) is 2.33. The van der Waals surface area contributed by atoms with Crippen molar-refractivity contribution in [2.24, 2.45) is 0 Å². The van der Waals surface area contributed by atoms with Crippen LogP contribution in [0.1, 0.15) is 0 Å². The summed E-state index contributed by atoms with van der Waals surface area (Å²) in [5.41, 5.74) is 1.65. The van der Waals surface area contributed by atoms with Gasteiger partial charge in [-0.05, 0) is 52.3 Å². The van der Waals surface area contributed by atoms with Crippen LogP contribution in [0.2, 0.25) is 0 Å². The molecule has 0 spiro atoms. The van der Waals surface area contributed by atoms with Gasteiger partial charge in [0.25, 0.3) is 0 Å². The number of aromatic hydroxyl groups is 1. The van der Waals surface area contributed by atoms with E-state index in [2.05, 4.69) is 26.0 Å². The fourth-order valence-corrected chi connectivity index (χ4v) is 2.03. The summed E-state index contributed by atoms with van der Waals surface area (Å²) in [7, 11) is 0. The van der Waals surface area contributed by atoms with Crippen LogP contribution in [-0.2, 0) is 0 Å². The third kappa shape index (κ3) is 1.78. The van der Waals surface area contributed by atoms with Crippen LogP contribution in [0.3, 0.4) is 0 Å². The molecule has 17 heavy (non-hydrogen) atoms. The molecule has 0 bridgehead atoms. The Balaban J connectivity index is 2.18. The highest BCUT2D eigenvalue weighted by molar-refractivity contribution is 9.10.